The maximum Gasteiger partial charge on any atom is 0.309 e. The van der Waals surface area contributed by atoms with Gasteiger partial charge in [-0.3, -0.25) is 4.79 Å². The van der Waals surface area contributed by atoms with Crippen LogP contribution in [0.3, 0.4) is 0 Å². The highest BCUT2D eigenvalue weighted by Gasteiger charge is 2.59. The van der Waals surface area contributed by atoms with E-state index in [-0.39, 0.29) is 18.0 Å². The summed E-state index contributed by atoms with van der Waals surface area (Å²) in [6.07, 6.45) is 23.4. The van der Waals surface area contributed by atoms with E-state index in [9.17, 15) is 4.79 Å². The van der Waals surface area contributed by atoms with E-state index in [0.717, 1.165) is 68.1 Å². The molecule has 0 aromatic carbocycles. The van der Waals surface area contributed by atoms with Gasteiger partial charge in [0.05, 0.1) is 5.92 Å². The van der Waals surface area contributed by atoms with Gasteiger partial charge in [-0.05, 0) is 116 Å². The first-order valence-corrected chi connectivity index (χ1v) is 17.2. The lowest BCUT2D eigenvalue weighted by Crippen LogP contribution is -2.51. The molecule has 0 N–H and O–H groups in total. The van der Waals surface area contributed by atoms with Crippen LogP contribution in [0.25, 0.3) is 0 Å². The topological polar surface area (TPSA) is 26.3 Å². The van der Waals surface area contributed by atoms with E-state index in [2.05, 4.69) is 73.6 Å². The number of carbonyl (C=O) groups is 1. The molecule has 3 saturated carbocycles. The van der Waals surface area contributed by atoms with Crippen molar-refractivity contribution in [1.29, 1.82) is 0 Å². The third kappa shape index (κ3) is 6.11. The van der Waals surface area contributed by atoms with Gasteiger partial charge in [0.25, 0.3) is 0 Å². The van der Waals surface area contributed by atoms with Crippen molar-refractivity contribution in [1.82, 2.24) is 0 Å². The van der Waals surface area contributed by atoms with Gasteiger partial charge < -0.3 is 4.74 Å². The number of ether oxygens (including phenoxy) is 1. The Morgan fingerprint density at radius 1 is 1.00 bits per heavy atom. The molecule has 4 aliphatic rings. The fraction of sp³-hybridized carbons (Fsp3) is 0.865. The summed E-state index contributed by atoms with van der Waals surface area (Å²) in [5.41, 5.74) is 2.43. The van der Waals surface area contributed by atoms with Crippen molar-refractivity contribution in [3.05, 3.63) is 23.8 Å². The molecule has 39 heavy (non-hydrogen) atoms. The van der Waals surface area contributed by atoms with Crippen molar-refractivity contribution in [2.45, 2.75) is 145 Å². The van der Waals surface area contributed by atoms with Crippen LogP contribution in [0.5, 0.6) is 0 Å². The minimum atomic E-state index is 0.0705. The highest BCUT2D eigenvalue weighted by Crippen LogP contribution is 2.67. The van der Waals surface area contributed by atoms with Crippen LogP contribution in [-0.4, -0.2) is 12.1 Å². The van der Waals surface area contributed by atoms with Crippen LogP contribution in [0.2, 0.25) is 0 Å². The highest BCUT2D eigenvalue weighted by molar-refractivity contribution is 5.72. The molecule has 4 aliphatic carbocycles. The molecule has 2 heteroatoms. The van der Waals surface area contributed by atoms with Gasteiger partial charge in [0.2, 0.25) is 0 Å². The molecule has 2 nitrogen and oxygen atoms in total. The largest absolute Gasteiger partial charge is 0.462 e. The second-order valence-electron chi connectivity index (χ2n) is 15.1. The Hall–Kier alpha value is -1.05. The maximum absolute atomic E-state index is 12.9. The van der Waals surface area contributed by atoms with Crippen LogP contribution in [0.1, 0.15) is 139 Å². The molecular weight excluding hydrogens is 476 g/mol. The van der Waals surface area contributed by atoms with Crippen molar-refractivity contribution in [3.63, 3.8) is 0 Å². The molecule has 0 radical (unpaired) electrons. The first kappa shape index (κ1) is 30.9. The van der Waals surface area contributed by atoms with Gasteiger partial charge in [0.1, 0.15) is 6.10 Å². The van der Waals surface area contributed by atoms with Crippen LogP contribution < -0.4 is 0 Å². The predicted molar refractivity (Wildman–Crippen MR) is 165 cm³/mol. The van der Waals surface area contributed by atoms with Crippen molar-refractivity contribution in [2.75, 3.05) is 0 Å². The Kier molecular flexibility index (Phi) is 10.2. The smallest absolute Gasteiger partial charge is 0.309 e. The quantitative estimate of drug-likeness (QED) is 0.193. The van der Waals surface area contributed by atoms with E-state index < -0.39 is 0 Å². The molecule has 0 aromatic rings. The van der Waals surface area contributed by atoms with Crippen LogP contribution in [-0.2, 0) is 9.53 Å². The zero-order chi connectivity index (χ0) is 28.4. The SMILES string of the molecule is CCCCC(CC)C(=O)O[C@H]1CC[C@@]2(C)C(=CC[C@H]3[C@@H]4CC[C@H]([C@H](C)/C=C/[C@@H](CC)C(C)C)[C@@]4(C)CC[C@@H]32)C1. The first-order chi connectivity index (χ1) is 18.6. The van der Waals surface area contributed by atoms with Crippen molar-refractivity contribution in [2.24, 2.45) is 58.2 Å². The summed E-state index contributed by atoms with van der Waals surface area (Å²) < 4.78 is 6.17. The number of fused-ring (bicyclic) bond motifs is 5. The summed E-state index contributed by atoms with van der Waals surface area (Å²) in [5, 5.41) is 0. The van der Waals surface area contributed by atoms with Crippen molar-refractivity contribution < 1.29 is 9.53 Å². The van der Waals surface area contributed by atoms with E-state index in [0.29, 0.717) is 22.7 Å². The number of rotatable bonds is 11. The molecule has 0 aliphatic heterocycles. The van der Waals surface area contributed by atoms with Gasteiger partial charge in [-0.25, -0.2) is 0 Å². The average Bonchev–Trinajstić information content (AvgIpc) is 3.26. The summed E-state index contributed by atoms with van der Waals surface area (Å²) in [4.78, 5) is 12.9. The van der Waals surface area contributed by atoms with Crippen LogP contribution in [0.4, 0.5) is 0 Å². The second-order valence-corrected chi connectivity index (χ2v) is 15.1. The fourth-order valence-corrected chi connectivity index (χ4v) is 10.1. The zero-order valence-electron chi connectivity index (χ0n) is 26.9. The average molecular weight is 539 g/mol. The highest BCUT2D eigenvalue weighted by atomic mass is 16.5. The standard InChI is InChI=1S/C37H62O2/c1-9-12-13-28(11-3)35(38)39-30-20-22-36(7)29(24-30)16-17-31-33-19-18-32(37(33,8)23-21-34(31)36)26(6)14-15-27(10-2)25(4)5/h14-16,25-28,30-34H,9-13,17-24H2,1-8H3/b15-14+/t26-,27-,28?,30+,31+,32-,33+,34+,36+,37-/m1/s1. The summed E-state index contributed by atoms with van der Waals surface area (Å²) in [6, 6.07) is 0. The van der Waals surface area contributed by atoms with Gasteiger partial charge in [-0.1, -0.05) is 92.0 Å². The molecule has 0 amide bonds. The Bertz CT molecular complexity index is 884. The number of allylic oxidation sites excluding steroid dienone is 3. The molecule has 1 unspecified atom stereocenters. The van der Waals surface area contributed by atoms with Crippen LogP contribution >= 0.6 is 0 Å². The van der Waals surface area contributed by atoms with E-state index >= 15 is 0 Å². The monoisotopic (exact) mass is 538 g/mol. The van der Waals surface area contributed by atoms with Gasteiger partial charge in [-0.15, -0.1) is 0 Å². The number of carbonyl (C=O) groups excluding carboxylic acids is 1. The van der Waals surface area contributed by atoms with Crippen molar-refractivity contribution >= 4 is 5.97 Å². The Morgan fingerprint density at radius 2 is 1.77 bits per heavy atom. The summed E-state index contributed by atoms with van der Waals surface area (Å²) in [5.74, 6) is 5.65. The lowest BCUT2D eigenvalue weighted by Gasteiger charge is -2.58. The Labute approximate surface area is 242 Å². The van der Waals surface area contributed by atoms with Crippen LogP contribution in [0, 0.1) is 58.2 Å². The normalized spacial score (nSPS) is 38.5. The van der Waals surface area contributed by atoms with Crippen molar-refractivity contribution in [3.8, 4) is 0 Å². The maximum atomic E-state index is 12.9. The van der Waals surface area contributed by atoms with Gasteiger partial charge in [0.15, 0.2) is 0 Å². The second kappa shape index (κ2) is 12.9. The van der Waals surface area contributed by atoms with E-state index in [1.807, 2.05) is 0 Å². The molecule has 0 bridgehead atoms. The minimum absolute atomic E-state index is 0.0705. The van der Waals surface area contributed by atoms with E-state index in [1.165, 1.54) is 44.9 Å². The zero-order valence-corrected chi connectivity index (χ0v) is 26.9. The lowest BCUT2D eigenvalue weighted by molar-refractivity contribution is -0.157. The lowest BCUT2D eigenvalue weighted by atomic mass is 9.47. The number of hydrogen-bond donors (Lipinski definition) is 0. The molecule has 0 saturated heterocycles. The van der Waals surface area contributed by atoms with Gasteiger partial charge in [0, 0.05) is 6.42 Å². The molecule has 0 heterocycles. The first-order valence-electron chi connectivity index (χ1n) is 17.2. The summed E-state index contributed by atoms with van der Waals surface area (Å²) in [7, 11) is 0. The van der Waals surface area contributed by atoms with E-state index in [1.54, 1.807) is 5.57 Å². The molecular formula is C37H62O2. The minimum Gasteiger partial charge on any atom is -0.462 e. The van der Waals surface area contributed by atoms with E-state index in [4.69, 9.17) is 4.74 Å². The van der Waals surface area contributed by atoms with Gasteiger partial charge >= 0.3 is 5.97 Å². The number of esters is 1. The Balaban J connectivity index is 1.43. The summed E-state index contributed by atoms with van der Waals surface area (Å²) in [6.45, 7) is 19.2. The summed E-state index contributed by atoms with van der Waals surface area (Å²) >= 11 is 0. The number of hydrogen-bond acceptors (Lipinski definition) is 2. The fourth-order valence-electron chi connectivity index (χ4n) is 10.1. The molecule has 222 valence electrons. The third-order valence-electron chi connectivity index (χ3n) is 12.8. The molecule has 0 spiro atoms. The molecule has 10 atom stereocenters. The third-order valence-corrected chi connectivity index (χ3v) is 12.8. The molecule has 4 rings (SSSR count). The van der Waals surface area contributed by atoms with Gasteiger partial charge in [-0.2, -0.15) is 0 Å². The Morgan fingerprint density at radius 3 is 2.44 bits per heavy atom. The number of unbranched alkanes of at least 4 members (excludes halogenated alkanes) is 1. The predicted octanol–water partition coefficient (Wildman–Crippen LogP) is 10.6. The molecule has 0 aromatic heterocycles. The molecule has 3 fully saturated rings. The van der Waals surface area contributed by atoms with Crippen LogP contribution in [0.15, 0.2) is 23.8 Å².